The van der Waals surface area contributed by atoms with Crippen LogP contribution in [0, 0.1) is 0 Å². The van der Waals surface area contributed by atoms with E-state index in [9.17, 15) is 0 Å². The van der Waals surface area contributed by atoms with Crippen LogP contribution in [0.2, 0.25) is 0 Å². The predicted molar refractivity (Wildman–Crippen MR) is 67.6 cm³/mol. The maximum absolute atomic E-state index is 5.93. The van der Waals surface area contributed by atoms with Crippen molar-refractivity contribution in [1.82, 2.24) is 4.98 Å². The first-order valence-corrected chi connectivity index (χ1v) is 6.56. The van der Waals surface area contributed by atoms with E-state index >= 15 is 0 Å². The monoisotopic (exact) mass is 238 g/mol. The molecule has 2 rings (SSSR count). The topological polar surface area (TPSA) is 48.1 Å². The Balaban J connectivity index is 1.82. The number of aromatic nitrogens is 1. The van der Waals surface area contributed by atoms with Crippen LogP contribution in [-0.4, -0.2) is 22.4 Å². The van der Waals surface area contributed by atoms with Gasteiger partial charge in [0.05, 0.1) is 11.7 Å². The van der Waals surface area contributed by atoms with Crippen LogP contribution in [0.4, 0.5) is 5.82 Å². The number of hydrogen-bond donors (Lipinski definition) is 1. The summed E-state index contributed by atoms with van der Waals surface area (Å²) in [5.74, 6) is 1.57. The number of ether oxygens (including phenoxy) is 1. The Morgan fingerprint density at radius 2 is 2.38 bits per heavy atom. The van der Waals surface area contributed by atoms with Gasteiger partial charge < -0.3 is 10.5 Å². The molecule has 0 saturated carbocycles. The number of hydrogen-bond acceptors (Lipinski definition) is 4. The van der Waals surface area contributed by atoms with Crippen LogP contribution in [0.5, 0.6) is 0 Å². The summed E-state index contributed by atoms with van der Waals surface area (Å²) >= 11 is 1.78. The molecule has 2 N–H and O–H groups in total. The highest BCUT2D eigenvalue weighted by Gasteiger charge is 2.31. The highest BCUT2D eigenvalue weighted by molar-refractivity contribution is 7.99. The fourth-order valence-corrected chi connectivity index (χ4v) is 2.77. The minimum Gasteiger partial charge on any atom is -0.384 e. The van der Waals surface area contributed by atoms with Crippen molar-refractivity contribution in [2.24, 2.45) is 0 Å². The Labute approximate surface area is 101 Å². The van der Waals surface area contributed by atoms with Gasteiger partial charge in [0.25, 0.3) is 0 Å². The number of pyridine rings is 1. The van der Waals surface area contributed by atoms with Crippen molar-refractivity contribution in [3.63, 3.8) is 0 Å². The number of anilines is 1. The van der Waals surface area contributed by atoms with E-state index in [2.05, 4.69) is 18.8 Å². The molecule has 1 aromatic heterocycles. The zero-order chi connectivity index (χ0) is 11.6. The maximum Gasteiger partial charge on any atom is 0.123 e. The molecule has 4 heteroatoms. The van der Waals surface area contributed by atoms with Crippen LogP contribution in [0.15, 0.2) is 23.2 Å². The van der Waals surface area contributed by atoms with Crippen LogP contribution in [-0.2, 0) is 4.74 Å². The predicted octanol–water partition coefficient (Wildman–Crippen LogP) is 2.71. The van der Waals surface area contributed by atoms with Gasteiger partial charge in [-0.25, -0.2) is 4.98 Å². The van der Waals surface area contributed by atoms with Gasteiger partial charge in [-0.05, 0) is 38.8 Å². The van der Waals surface area contributed by atoms with Crippen molar-refractivity contribution in [3.8, 4) is 0 Å². The number of nitrogen functional groups attached to an aromatic ring is 1. The van der Waals surface area contributed by atoms with Crippen LogP contribution >= 0.6 is 11.8 Å². The summed E-state index contributed by atoms with van der Waals surface area (Å²) in [6.45, 7) is 4.31. The average Bonchev–Trinajstić information content (AvgIpc) is 2.58. The third-order valence-electron chi connectivity index (χ3n) is 2.75. The van der Waals surface area contributed by atoms with Crippen molar-refractivity contribution >= 4 is 17.6 Å². The first-order chi connectivity index (χ1) is 7.55. The summed E-state index contributed by atoms with van der Waals surface area (Å²) in [6.07, 6.45) is 4.50. The van der Waals surface area contributed by atoms with E-state index in [4.69, 9.17) is 10.5 Å². The molecule has 1 atom stereocenters. The van der Waals surface area contributed by atoms with E-state index in [1.807, 2.05) is 18.3 Å². The molecule has 1 saturated heterocycles. The van der Waals surface area contributed by atoms with E-state index in [0.717, 1.165) is 23.5 Å². The van der Waals surface area contributed by atoms with Crippen LogP contribution in [0.1, 0.15) is 26.7 Å². The minimum absolute atomic E-state index is 0.0601. The van der Waals surface area contributed by atoms with Gasteiger partial charge in [-0.15, -0.1) is 11.8 Å². The average molecular weight is 238 g/mol. The second-order valence-corrected chi connectivity index (χ2v) is 5.86. The molecule has 1 aromatic rings. The van der Waals surface area contributed by atoms with Crippen LogP contribution < -0.4 is 5.73 Å². The molecule has 16 heavy (non-hydrogen) atoms. The van der Waals surface area contributed by atoms with E-state index in [1.54, 1.807) is 11.8 Å². The quantitative estimate of drug-likeness (QED) is 0.823. The van der Waals surface area contributed by atoms with Crippen LogP contribution in [0.25, 0.3) is 0 Å². The lowest BCUT2D eigenvalue weighted by Gasteiger charge is -2.18. The number of thioether (sulfide) groups is 1. The van der Waals surface area contributed by atoms with Crippen molar-refractivity contribution in [2.45, 2.75) is 43.3 Å². The van der Waals surface area contributed by atoms with Gasteiger partial charge in [-0.1, -0.05) is 0 Å². The number of nitrogens with zero attached hydrogens (tertiary/aromatic N) is 1. The molecule has 1 aliphatic heterocycles. The molecule has 0 aromatic carbocycles. The summed E-state index contributed by atoms with van der Waals surface area (Å²) in [7, 11) is 0. The molecule has 88 valence electrons. The summed E-state index contributed by atoms with van der Waals surface area (Å²) in [6, 6.07) is 3.84. The summed E-state index contributed by atoms with van der Waals surface area (Å²) in [5.41, 5.74) is 5.60. The molecule has 1 aliphatic rings. The third-order valence-corrected chi connectivity index (χ3v) is 3.86. The fourth-order valence-electron chi connectivity index (χ4n) is 1.86. The second-order valence-electron chi connectivity index (χ2n) is 4.77. The zero-order valence-electron chi connectivity index (χ0n) is 9.77. The van der Waals surface area contributed by atoms with E-state index in [-0.39, 0.29) is 5.60 Å². The van der Waals surface area contributed by atoms with Crippen LogP contribution in [0.3, 0.4) is 0 Å². The summed E-state index contributed by atoms with van der Waals surface area (Å²) < 4.78 is 5.93. The van der Waals surface area contributed by atoms with Crippen molar-refractivity contribution in [1.29, 1.82) is 0 Å². The van der Waals surface area contributed by atoms with Gasteiger partial charge >= 0.3 is 0 Å². The normalized spacial score (nSPS) is 23.5. The van der Waals surface area contributed by atoms with Gasteiger partial charge in [-0.3, -0.25) is 0 Å². The summed E-state index contributed by atoms with van der Waals surface area (Å²) in [4.78, 5) is 5.22. The van der Waals surface area contributed by atoms with E-state index < -0.39 is 0 Å². The Morgan fingerprint density at radius 3 is 2.94 bits per heavy atom. The number of rotatable bonds is 3. The first kappa shape index (κ1) is 11.7. The molecule has 0 radical (unpaired) electrons. The van der Waals surface area contributed by atoms with E-state index in [1.165, 1.54) is 0 Å². The number of nitrogens with two attached hydrogens (primary N) is 1. The SMILES string of the molecule is CC1(C)CCC(CSc2ccc(N)nc2)O1. The van der Waals surface area contributed by atoms with Crippen molar-refractivity contribution in [2.75, 3.05) is 11.5 Å². The minimum atomic E-state index is 0.0601. The first-order valence-electron chi connectivity index (χ1n) is 5.57. The standard InChI is InChI=1S/C12H18N2OS/c1-12(2)6-5-9(15-12)8-16-10-3-4-11(13)14-7-10/h3-4,7,9H,5-6,8H2,1-2H3,(H2,13,14). The Kier molecular flexibility index (Phi) is 3.40. The Hall–Kier alpha value is -0.740. The lowest BCUT2D eigenvalue weighted by atomic mass is 10.1. The lowest BCUT2D eigenvalue weighted by molar-refractivity contribution is -0.00466. The molecule has 0 aliphatic carbocycles. The molecule has 1 fully saturated rings. The Morgan fingerprint density at radius 1 is 1.56 bits per heavy atom. The molecule has 0 spiro atoms. The van der Waals surface area contributed by atoms with Gasteiger partial charge in [-0.2, -0.15) is 0 Å². The molecular formula is C12H18N2OS. The Bertz CT molecular complexity index is 351. The fraction of sp³-hybridized carbons (Fsp3) is 0.583. The van der Waals surface area contributed by atoms with E-state index in [0.29, 0.717) is 11.9 Å². The van der Waals surface area contributed by atoms with Crippen molar-refractivity contribution in [3.05, 3.63) is 18.3 Å². The van der Waals surface area contributed by atoms with Gasteiger partial charge in [0.15, 0.2) is 0 Å². The zero-order valence-corrected chi connectivity index (χ0v) is 10.6. The molecule has 1 unspecified atom stereocenters. The molecule has 0 bridgehead atoms. The molecular weight excluding hydrogens is 220 g/mol. The smallest absolute Gasteiger partial charge is 0.123 e. The highest BCUT2D eigenvalue weighted by atomic mass is 32.2. The molecule has 3 nitrogen and oxygen atoms in total. The van der Waals surface area contributed by atoms with Gasteiger partial charge in [0.1, 0.15) is 5.82 Å². The third kappa shape index (κ3) is 3.12. The van der Waals surface area contributed by atoms with Gasteiger partial charge in [0, 0.05) is 16.8 Å². The summed E-state index contributed by atoms with van der Waals surface area (Å²) in [5, 5.41) is 0. The maximum atomic E-state index is 5.93. The lowest BCUT2D eigenvalue weighted by Crippen LogP contribution is -2.21. The molecule has 0 amide bonds. The second kappa shape index (κ2) is 4.63. The van der Waals surface area contributed by atoms with Gasteiger partial charge in [0.2, 0.25) is 0 Å². The van der Waals surface area contributed by atoms with Crippen molar-refractivity contribution < 1.29 is 4.74 Å². The highest BCUT2D eigenvalue weighted by Crippen LogP contribution is 2.32. The largest absolute Gasteiger partial charge is 0.384 e. The molecule has 2 heterocycles.